The quantitative estimate of drug-likeness (QED) is 0.931. The molecule has 1 aromatic carbocycles. The number of carboxylic acid groups (broad SMARTS) is 1. The van der Waals surface area contributed by atoms with E-state index >= 15 is 0 Å². The van der Waals surface area contributed by atoms with Crippen LogP contribution >= 0.6 is 0 Å². The molecule has 1 aliphatic heterocycles. The zero-order valence-corrected chi connectivity index (χ0v) is 11.3. The van der Waals surface area contributed by atoms with Crippen LogP contribution in [-0.2, 0) is 4.79 Å². The van der Waals surface area contributed by atoms with Gasteiger partial charge in [0.05, 0.1) is 5.52 Å². The molecule has 1 N–H and O–H groups in total. The van der Waals surface area contributed by atoms with Crippen LogP contribution < -0.4 is 4.90 Å². The smallest absolute Gasteiger partial charge is 0.303 e. The molecule has 20 heavy (non-hydrogen) atoms. The Morgan fingerprint density at radius 3 is 2.70 bits per heavy atom. The van der Waals surface area contributed by atoms with E-state index in [-0.39, 0.29) is 0 Å². The number of carbonyl (C=O) groups is 1. The first-order chi connectivity index (χ1) is 9.72. The number of piperidine rings is 1. The number of fused-ring (bicyclic) bond motifs is 1. The predicted octanol–water partition coefficient (Wildman–Crippen LogP) is 2.93. The first-order valence-corrected chi connectivity index (χ1v) is 7.05. The molecule has 0 saturated carbocycles. The molecular weight excluding hydrogens is 252 g/mol. The van der Waals surface area contributed by atoms with Crippen molar-refractivity contribution in [1.29, 1.82) is 0 Å². The van der Waals surface area contributed by atoms with Crippen molar-refractivity contribution in [2.24, 2.45) is 5.92 Å². The van der Waals surface area contributed by atoms with Gasteiger partial charge in [0.25, 0.3) is 0 Å². The molecule has 0 atom stereocenters. The third-order valence-electron chi connectivity index (χ3n) is 3.99. The summed E-state index contributed by atoms with van der Waals surface area (Å²) in [5.41, 5.74) is 1.01. The van der Waals surface area contributed by atoms with Gasteiger partial charge in [-0.05, 0) is 37.0 Å². The van der Waals surface area contributed by atoms with Gasteiger partial charge in [-0.2, -0.15) is 0 Å². The summed E-state index contributed by atoms with van der Waals surface area (Å²) in [6, 6.07) is 12.3. The van der Waals surface area contributed by atoms with E-state index in [2.05, 4.69) is 23.1 Å². The van der Waals surface area contributed by atoms with Crippen LogP contribution in [0.15, 0.2) is 36.4 Å². The molecule has 3 rings (SSSR count). The first-order valence-electron chi connectivity index (χ1n) is 7.05. The summed E-state index contributed by atoms with van der Waals surface area (Å²) in [5.74, 6) is 0.619. The Bertz CT molecular complexity index is 619. The van der Waals surface area contributed by atoms with E-state index in [4.69, 9.17) is 10.1 Å². The molecule has 0 bridgehead atoms. The van der Waals surface area contributed by atoms with E-state index in [1.165, 1.54) is 0 Å². The van der Waals surface area contributed by atoms with Crippen molar-refractivity contribution in [1.82, 2.24) is 4.98 Å². The summed E-state index contributed by atoms with van der Waals surface area (Å²) >= 11 is 0. The van der Waals surface area contributed by atoms with Gasteiger partial charge in [0.2, 0.25) is 0 Å². The number of hydrogen-bond donors (Lipinski definition) is 1. The van der Waals surface area contributed by atoms with E-state index in [9.17, 15) is 4.79 Å². The molecule has 0 unspecified atom stereocenters. The number of para-hydroxylation sites is 1. The van der Waals surface area contributed by atoms with Gasteiger partial charge in [0.15, 0.2) is 0 Å². The average Bonchev–Trinajstić information content (AvgIpc) is 2.47. The zero-order chi connectivity index (χ0) is 13.9. The molecule has 1 aromatic heterocycles. The van der Waals surface area contributed by atoms with Crippen molar-refractivity contribution >= 4 is 22.7 Å². The van der Waals surface area contributed by atoms with Crippen LogP contribution in [0.4, 0.5) is 5.82 Å². The number of aliphatic carboxylic acids is 1. The van der Waals surface area contributed by atoms with Crippen molar-refractivity contribution in [3.05, 3.63) is 36.4 Å². The Morgan fingerprint density at radius 2 is 1.95 bits per heavy atom. The minimum atomic E-state index is -0.688. The Hall–Kier alpha value is -2.10. The molecule has 104 valence electrons. The standard InChI is InChI=1S/C16H18N2O2/c19-16(20)11-12-7-9-18(10-8-12)15-6-5-13-3-1-2-4-14(13)17-15/h1-6,12H,7-11H2,(H,19,20). The SMILES string of the molecule is O=C(O)CC1CCN(c2ccc3ccccc3n2)CC1. The van der Waals surface area contributed by atoms with E-state index in [1.54, 1.807) is 0 Å². The molecule has 0 radical (unpaired) electrons. The van der Waals surface area contributed by atoms with Crippen molar-refractivity contribution in [3.8, 4) is 0 Å². The Kier molecular flexibility index (Phi) is 3.54. The fourth-order valence-electron chi connectivity index (χ4n) is 2.84. The van der Waals surface area contributed by atoms with Gasteiger partial charge in [-0.1, -0.05) is 18.2 Å². The molecule has 4 heteroatoms. The lowest BCUT2D eigenvalue weighted by Crippen LogP contribution is -2.34. The maximum absolute atomic E-state index is 10.7. The average molecular weight is 270 g/mol. The van der Waals surface area contributed by atoms with Crippen molar-refractivity contribution in [2.45, 2.75) is 19.3 Å². The monoisotopic (exact) mass is 270 g/mol. The molecule has 0 aliphatic carbocycles. The van der Waals surface area contributed by atoms with E-state index in [1.807, 2.05) is 18.2 Å². The molecular formula is C16H18N2O2. The Morgan fingerprint density at radius 1 is 1.20 bits per heavy atom. The van der Waals surface area contributed by atoms with Gasteiger partial charge < -0.3 is 10.0 Å². The summed E-state index contributed by atoms with van der Waals surface area (Å²) in [4.78, 5) is 17.7. The van der Waals surface area contributed by atoms with Crippen molar-refractivity contribution in [3.63, 3.8) is 0 Å². The highest BCUT2D eigenvalue weighted by Gasteiger charge is 2.22. The summed E-state index contributed by atoms with van der Waals surface area (Å²) in [5, 5.41) is 9.99. The number of carboxylic acids is 1. The van der Waals surface area contributed by atoms with E-state index in [0.717, 1.165) is 42.7 Å². The predicted molar refractivity (Wildman–Crippen MR) is 78.9 cm³/mol. The van der Waals surface area contributed by atoms with E-state index in [0.29, 0.717) is 12.3 Å². The molecule has 1 fully saturated rings. The fourth-order valence-corrected chi connectivity index (χ4v) is 2.84. The van der Waals surface area contributed by atoms with Crippen LogP contribution in [0, 0.1) is 5.92 Å². The van der Waals surface area contributed by atoms with Crippen LogP contribution in [0.5, 0.6) is 0 Å². The Labute approximate surface area is 118 Å². The number of rotatable bonds is 3. The second kappa shape index (κ2) is 5.49. The van der Waals surface area contributed by atoms with Crippen LogP contribution in [0.25, 0.3) is 10.9 Å². The highest BCUT2D eigenvalue weighted by atomic mass is 16.4. The lowest BCUT2D eigenvalue weighted by atomic mass is 9.93. The lowest BCUT2D eigenvalue weighted by molar-refractivity contribution is -0.138. The lowest BCUT2D eigenvalue weighted by Gasteiger charge is -2.32. The minimum Gasteiger partial charge on any atom is -0.481 e. The zero-order valence-electron chi connectivity index (χ0n) is 11.3. The molecule has 4 nitrogen and oxygen atoms in total. The van der Waals surface area contributed by atoms with Gasteiger partial charge >= 0.3 is 5.97 Å². The second-order valence-corrected chi connectivity index (χ2v) is 5.39. The topological polar surface area (TPSA) is 53.4 Å². The van der Waals surface area contributed by atoms with E-state index < -0.39 is 5.97 Å². The van der Waals surface area contributed by atoms with Crippen LogP contribution in [0.3, 0.4) is 0 Å². The van der Waals surface area contributed by atoms with Crippen LogP contribution in [0.2, 0.25) is 0 Å². The van der Waals surface area contributed by atoms with Gasteiger partial charge in [0.1, 0.15) is 5.82 Å². The summed E-state index contributed by atoms with van der Waals surface area (Å²) in [7, 11) is 0. The van der Waals surface area contributed by atoms with Gasteiger partial charge in [-0.3, -0.25) is 4.79 Å². The molecule has 2 aromatic rings. The molecule has 1 aliphatic rings. The highest BCUT2D eigenvalue weighted by Crippen LogP contribution is 2.25. The minimum absolute atomic E-state index is 0.291. The number of benzene rings is 1. The molecule has 0 amide bonds. The van der Waals surface area contributed by atoms with Crippen LogP contribution in [-0.4, -0.2) is 29.1 Å². The molecule has 0 spiro atoms. The number of anilines is 1. The van der Waals surface area contributed by atoms with Crippen molar-refractivity contribution in [2.75, 3.05) is 18.0 Å². The number of hydrogen-bond acceptors (Lipinski definition) is 3. The normalized spacial score (nSPS) is 16.5. The van der Waals surface area contributed by atoms with Gasteiger partial charge in [0, 0.05) is 24.9 Å². The fraction of sp³-hybridized carbons (Fsp3) is 0.375. The third-order valence-corrected chi connectivity index (χ3v) is 3.99. The second-order valence-electron chi connectivity index (χ2n) is 5.39. The maximum atomic E-state index is 10.7. The van der Waals surface area contributed by atoms with Crippen molar-refractivity contribution < 1.29 is 9.90 Å². The Balaban J connectivity index is 1.71. The number of pyridine rings is 1. The first kappa shape index (κ1) is 12.9. The summed E-state index contributed by atoms with van der Waals surface area (Å²) < 4.78 is 0. The molecule has 1 saturated heterocycles. The van der Waals surface area contributed by atoms with Crippen LogP contribution in [0.1, 0.15) is 19.3 Å². The number of nitrogens with zero attached hydrogens (tertiary/aromatic N) is 2. The maximum Gasteiger partial charge on any atom is 0.303 e. The summed E-state index contributed by atoms with van der Waals surface area (Å²) in [6.07, 6.45) is 2.15. The highest BCUT2D eigenvalue weighted by molar-refractivity contribution is 5.80. The summed E-state index contributed by atoms with van der Waals surface area (Å²) in [6.45, 7) is 1.78. The van der Waals surface area contributed by atoms with Gasteiger partial charge in [-0.25, -0.2) is 4.98 Å². The number of aromatic nitrogens is 1. The molecule has 2 heterocycles. The van der Waals surface area contributed by atoms with Gasteiger partial charge in [-0.15, -0.1) is 0 Å². The third kappa shape index (κ3) is 2.74. The largest absolute Gasteiger partial charge is 0.481 e.